The molecule has 6 nitrogen and oxygen atoms in total. The summed E-state index contributed by atoms with van der Waals surface area (Å²) in [6.45, 7) is 3.89. The molecule has 0 heterocycles. The van der Waals surface area contributed by atoms with Crippen molar-refractivity contribution in [2.24, 2.45) is 5.10 Å². The predicted molar refractivity (Wildman–Crippen MR) is 97.6 cm³/mol. The number of hydrazone groups is 1. The number of anilines is 1. The van der Waals surface area contributed by atoms with E-state index in [9.17, 15) is 9.59 Å². The Morgan fingerprint density at radius 3 is 2.56 bits per heavy atom. The first-order valence-electron chi connectivity index (χ1n) is 7.96. The van der Waals surface area contributed by atoms with E-state index in [1.807, 2.05) is 44.2 Å². The maximum absolute atomic E-state index is 11.8. The maximum atomic E-state index is 11.8. The second-order valence-corrected chi connectivity index (χ2v) is 5.62. The third-order valence-electron chi connectivity index (χ3n) is 3.01. The summed E-state index contributed by atoms with van der Waals surface area (Å²) in [4.78, 5) is 23.5. The van der Waals surface area contributed by atoms with Crippen molar-refractivity contribution in [3.8, 4) is 5.75 Å². The first kappa shape index (κ1) is 18.2. The zero-order valence-corrected chi connectivity index (χ0v) is 14.2. The third kappa shape index (κ3) is 6.87. The molecule has 2 rings (SSSR count). The summed E-state index contributed by atoms with van der Waals surface area (Å²) in [6, 6.07) is 16.3. The van der Waals surface area contributed by atoms with Crippen LogP contribution in [0.1, 0.15) is 25.8 Å². The molecule has 0 aliphatic heterocycles. The highest BCUT2D eigenvalue weighted by molar-refractivity contribution is 6.03. The van der Waals surface area contributed by atoms with Gasteiger partial charge < -0.3 is 10.1 Å². The summed E-state index contributed by atoms with van der Waals surface area (Å²) in [7, 11) is 0. The van der Waals surface area contributed by atoms with Crippen molar-refractivity contribution in [3.63, 3.8) is 0 Å². The Morgan fingerprint density at radius 1 is 1.08 bits per heavy atom. The minimum absolute atomic E-state index is 0.0787. The van der Waals surface area contributed by atoms with Gasteiger partial charge in [0, 0.05) is 5.69 Å². The van der Waals surface area contributed by atoms with Crippen LogP contribution in [0.5, 0.6) is 5.75 Å². The largest absolute Gasteiger partial charge is 0.491 e. The van der Waals surface area contributed by atoms with Crippen LogP contribution >= 0.6 is 0 Å². The second kappa shape index (κ2) is 9.22. The number of hydrogen-bond acceptors (Lipinski definition) is 4. The summed E-state index contributed by atoms with van der Waals surface area (Å²) in [5.74, 6) is -0.155. The van der Waals surface area contributed by atoms with Gasteiger partial charge in [0.05, 0.1) is 12.3 Å². The summed E-state index contributed by atoms with van der Waals surface area (Å²) >= 11 is 0. The van der Waals surface area contributed by atoms with Crippen molar-refractivity contribution in [3.05, 3.63) is 60.2 Å². The Morgan fingerprint density at radius 2 is 1.84 bits per heavy atom. The first-order chi connectivity index (χ1) is 12.0. The fourth-order valence-corrected chi connectivity index (χ4v) is 2.03. The summed E-state index contributed by atoms with van der Waals surface area (Å²) in [5.41, 5.74) is 3.77. The van der Waals surface area contributed by atoms with Crippen LogP contribution in [-0.4, -0.2) is 24.1 Å². The normalized spacial score (nSPS) is 10.7. The molecule has 0 aromatic heterocycles. The lowest BCUT2D eigenvalue weighted by Gasteiger charge is -2.09. The van der Waals surface area contributed by atoms with Gasteiger partial charge in [-0.3, -0.25) is 9.59 Å². The molecule has 2 amide bonds. The number of hydrogen-bond donors (Lipinski definition) is 2. The van der Waals surface area contributed by atoms with E-state index in [0.29, 0.717) is 5.69 Å². The van der Waals surface area contributed by atoms with Gasteiger partial charge >= 0.3 is 0 Å². The van der Waals surface area contributed by atoms with Crippen molar-refractivity contribution in [2.75, 3.05) is 5.32 Å². The molecule has 6 heteroatoms. The number of benzene rings is 2. The molecular weight excluding hydrogens is 318 g/mol. The van der Waals surface area contributed by atoms with Crippen LogP contribution in [0.3, 0.4) is 0 Å². The van der Waals surface area contributed by atoms with Gasteiger partial charge in [-0.25, -0.2) is 5.43 Å². The Balaban J connectivity index is 1.81. The highest BCUT2D eigenvalue weighted by Crippen LogP contribution is 2.13. The van der Waals surface area contributed by atoms with Gasteiger partial charge in [0.25, 0.3) is 0 Å². The van der Waals surface area contributed by atoms with Gasteiger partial charge in [0.15, 0.2) is 0 Å². The molecule has 0 spiro atoms. The van der Waals surface area contributed by atoms with Gasteiger partial charge in [-0.15, -0.1) is 0 Å². The van der Waals surface area contributed by atoms with Crippen LogP contribution in [0.2, 0.25) is 0 Å². The standard InChI is InChI=1S/C19H21N3O3/c1-14(2)25-17-10-6-7-15(11-17)13-20-22-19(24)12-18(23)21-16-8-4-3-5-9-16/h3-11,13-14H,12H2,1-2H3,(H,21,23)(H,22,24). The smallest absolute Gasteiger partial charge is 0.249 e. The molecule has 0 aliphatic carbocycles. The quantitative estimate of drug-likeness (QED) is 0.462. The number of amides is 2. The molecule has 0 saturated carbocycles. The second-order valence-electron chi connectivity index (χ2n) is 5.62. The Labute approximate surface area is 146 Å². The lowest BCUT2D eigenvalue weighted by atomic mass is 10.2. The van der Waals surface area contributed by atoms with Gasteiger partial charge in [-0.2, -0.15) is 5.10 Å². The molecule has 2 aromatic carbocycles. The lowest BCUT2D eigenvalue weighted by molar-refractivity contribution is -0.126. The zero-order chi connectivity index (χ0) is 18.1. The molecule has 0 unspecified atom stereocenters. The van der Waals surface area contributed by atoms with Crippen molar-refractivity contribution in [1.82, 2.24) is 5.43 Å². The van der Waals surface area contributed by atoms with Crippen LogP contribution in [0.15, 0.2) is 59.7 Å². The van der Waals surface area contributed by atoms with Crippen molar-refractivity contribution in [1.29, 1.82) is 0 Å². The molecule has 0 aliphatic rings. The predicted octanol–water partition coefficient (Wildman–Crippen LogP) is 2.95. The maximum Gasteiger partial charge on any atom is 0.249 e. The minimum Gasteiger partial charge on any atom is -0.491 e. The van der Waals surface area contributed by atoms with Crippen LogP contribution in [0.25, 0.3) is 0 Å². The monoisotopic (exact) mass is 339 g/mol. The van der Waals surface area contributed by atoms with Crippen LogP contribution in [-0.2, 0) is 9.59 Å². The molecule has 2 N–H and O–H groups in total. The van der Waals surface area contributed by atoms with Gasteiger partial charge in [0.1, 0.15) is 12.2 Å². The average molecular weight is 339 g/mol. The topological polar surface area (TPSA) is 79.8 Å². The van der Waals surface area contributed by atoms with E-state index in [2.05, 4.69) is 15.8 Å². The van der Waals surface area contributed by atoms with Gasteiger partial charge in [0.2, 0.25) is 11.8 Å². The zero-order valence-electron chi connectivity index (χ0n) is 14.2. The molecule has 0 radical (unpaired) electrons. The highest BCUT2D eigenvalue weighted by Gasteiger charge is 2.08. The van der Waals surface area contributed by atoms with E-state index in [1.54, 1.807) is 24.3 Å². The molecular formula is C19H21N3O3. The third-order valence-corrected chi connectivity index (χ3v) is 3.01. The number of ether oxygens (including phenoxy) is 1. The number of para-hydroxylation sites is 1. The van der Waals surface area contributed by atoms with Crippen molar-refractivity contribution in [2.45, 2.75) is 26.4 Å². The van der Waals surface area contributed by atoms with Crippen LogP contribution in [0, 0.1) is 0 Å². The lowest BCUT2D eigenvalue weighted by Crippen LogP contribution is -2.24. The molecule has 0 fully saturated rings. The van der Waals surface area contributed by atoms with E-state index in [0.717, 1.165) is 11.3 Å². The molecule has 0 bridgehead atoms. The number of carbonyl (C=O) groups is 2. The van der Waals surface area contributed by atoms with E-state index in [1.165, 1.54) is 6.21 Å². The van der Waals surface area contributed by atoms with E-state index in [4.69, 9.17) is 4.74 Å². The van der Waals surface area contributed by atoms with Crippen molar-refractivity contribution < 1.29 is 14.3 Å². The summed E-state index contributed by atoms with van der Waals surface area (Å²) in [5, 5.41) is 6.50. The fraction of sp³-hybridized carbons (Fsp3) is 0.211. The summed E-state index contributed by atoms with van der Waals surface area (Å²) < 4.78 is 5.59. The van der Waals surface area contributed by atoms with Gasteiger partial charge in [-0.1, -0.05) is 30.3 Å². The number of carbonyl (C=O) groups excluding carboxylic acids is 2. The van der Waals surface area contributed by atoms with Crippen LogP contribution in [0.4, 0.5) is 5.69 Å². The number of rotatable bonds is 7. The van der Waals surface area contributed by atoms with E-state index in [-0.39, 0.29) is 12.5 Å². The Hall–Kier alpha value is -3.15. The average Bonchev–Trinajstić information content (AvgIpc) is 2.55. The Bertz CT molecular complexity index is 743. The Kier molecular flexibility index (Phi) is 6.71. The van der Waals surface area contributed by atoms with E-state index < -0.39 is 11.8 Å². The van der Waals surface area contributed by atoms with Gasteiger partial charge in [-0.05, 0) is 43.7 Å². The van der Waals surface area contributed by atoms with E-state index >= 15 is 0 Å². The molecule has 2 aromatic rings. The number of nitrogens with one attached hydrogen (secondary N) is 2. The van der Waals surface area contributed by atoms with Crippen LogP contribution < -0.4 is 15.5 Å². The number of nitrogens with zero attached hydrogens (tertiary/aromatic N) is 1. The molecule has 130 valence electrons. The SMILES string of the molecule is CC(C)Oc1cccc(C=NNC(=O)CC(=O)Nc2ccccc2)c1. The van der Waals surface area contributed by atoms with Crippen molar-refractivity contribution >= 4 is 23.7 Å². The first-order valence-corrected chi connectivity index (χ1v) is 7.96. The minimum atomic E-state index is -0.487. The summed E-state index contributed by atoms with van der Waals surface area (Å²) in [6.07, 6.45) is 1.28. The molecule has 0 saturated heterocycles. The molecule has 0 atom stereocenters. The molecule has 25 heavy (non-hydrogen) atoms. The highest BCUT2D eigenvalue weighted by atomic mass is 16.5. The fourth-order valence-electron chi connectivity index (χ4n) is 2.03.